The van der Waals surface area contributed by atoms with E-state index in [1.54, 1.807) is 11.9 Å². The molecule has 1 aromatic rings. The van der Waals surface area contributed by atoms with Gasteiger partial charge in [0.1, 0.15) is 6.10 Å². The van der Waals surface area contributed by atoms with Crippen molar-refractivity contribution in [2.24, 2.45) is 0 Å². The number of amides is 1. The van der Waals surface area contributed by atoms with Gasteiger partial charge in [-0.15, -0.1) is 0 Å². The summed E-state index contributed by atoms with van der Waals surface area (Å²) >= 11 is 0. The Hall–Kier alpha value is -1.84. The number of rotatable bonds is 4. The van der Waals surface area contributed by atoms with Gasteiger partial charge in [0.05, 0.1) is 6.04 Å². The lowest BCUT2D eigenvalue weighted by atomic mass is 10.0. The van der Waals surface area contributed by atoms with Crippen LogP contribution in [0.1, 0.15) is 32.4 Å². The lowest BCUT2D eigenvalue weighted by Gasteiger charge is -2.31. The van der Waals surface area contributed by atoms with E-state index in [1.165, 1.54) is 13.8 Å². The van der Waals surface area contributed by atoms with Crippen molar-refractivity contribution in [3.05, 3.63) is 35.9 Å². The maximum Gasteiger partial charge on any atom is 0.303 e. The van der Waals surface area contributed by atoms with E-state index in [0.717, 1.165) is 5.56 Å². The number of hydrogen-bond donors (Lipinski definition) is 0. The van der Waals surface area contributed by atoms with Crippen LogP contribution < -0.4 is 0 Å². The van der Waals surface area contributed by atoms with Crippen molar-refractivity contribution < 1.29 is 14.3 Å². The minimum atomic E-state index is -0.447. The Bertz CT molecular complexity index is 416. The molecule has 0 saturated carbocycles. The fraction of sp³-hybridized carbons (Fsp3) is 0.429. The lowest BCUT2D eigenvalue weighted by molar-refractivity contribution is -0.152. The van der Waals surface area contributed by atoms with Gasteiger partial charge >= 0.3 is 5.97 Å². The van der Waals surface area contributed by atoms with Crippen molar-refractivity contribution >= 4 is 11.9 Å². The smallest absolute Gasteiger partial charge is 0.303 e. The molecule has 0 aromatic heterocycles. The van der Waals surface area contributed by atoms with Gasteiger partial charge in [-0.1, -0.05) is 30.3 Å². The molecule has 0 N–H and O–H groups in total. The molecule has 0 aliphatic carbocycles. The number of carbonyl (C=O) groups is 2. The van der Waals surface area contributed by atoms with E-state index < -0.39 is 6.10 Å². The highest BCUT2D eigenvalue weighted by Gasteiger charge is 2.26. The van der Waals surface area contributed by atoms with Gasteiger partial charge in [0.15, 0.2) is 0 Å². The SMILES string of the molecule is CC(=O)OC(c1ccccc1)C(C)N(C)C(C)=O. The predicted molar refractivity (Wildman–Crippen MR) is 68.9 cm³/mol. The van der Waals surface area contributed by atoms with E-state index in [0.29, 0.717) is 0 Å². The highest BCUT2D eigenvalue weighted by atomic mass is 16.5. The van der Waals surface area contributed by atoms with Crippen LogP contribution in [0, 0.1) is 0 Å². The molecule has 0 radical (unpaired) electrons. The molecule has 0 spiro atoms. The number of esters is 1. The third kappa shape index (κ3) is 3.58. The Morgan fingerprint density at radius 1 is 1.17 bits per heavy atom. The van der Waals surface area contributed by atoms with Gasteiger partial charge in [0, 0.05) is 20.9 Å². The van der Waals surface area contributed by atoms with E-state index in [2.05, 4.69) is 0 Å². The number of benzene rings is 1. The Morgan fingerprint density at radius 3 is 2.17 bits per heavy atom. The largest absolute Gasteiger partial charge is 0.455 e. The summed E-state index contributed by atoms with van der Waals surface area (Å²) in [4.78, 5) is 24.2. The molecule has 0 aliphatic heterocycles. The average molecular weight is 249 g/mol. The Balaban J connectivity index is 2.98. The number of likely N-dealkylation sites (N-methyl/N-ethyl adjacent to an activating group) is 1. The third-order valence-corrected chi connectivity index (χ3v) is 2.97. The molecule has 98 valence electrons. The van der Waals surface area contributed by atoms with Crippen LogP contribution in [0.15, 0.2) is 30.3 Å². The summed E-state index contributed by atoms with van der Waals surface area (Å²) in [5.41, 5.74) is 0.883. The third-order valence-electron chi connectivity index (χ3n) is 2.97. The lowest BCUT2D eigenvalue weighted by Crippen LogP contribution is -2.39. The minimum absolute atomic E-state index is 0.0596. The van der Waals surface area contributed by atoms with Crippen molar-refractivity contribution in [1.29, 1.82) is 0 Å². The molecule has 2 atom stereocenters. The molecule has 4 heteroatoms. The second-order valence-electron chi connectivity index (χ2n) is 4.31. The summed E-state index contributed by atoms with van der Waals surface area (Å²) in [5, 5.41) is 0. The van der Waals surface area contributed by atoms with Gasteiger partial charge in [0.25, 0.3) is 0 Å². The minimum Gasteiger partial charge on any atom is -0.455 e. The highest BCUT2D eigenvalue weighted by Crippen LogP contribution is 2.24. The van der Waals surface area contributed by atoms with Gasteiger partial charge in [0.2, 0.25) is 5.91 Å². The summed E-state index contributed by atoms with van der Waals surface area (Å²) in [6.07, 6.45) is -0.447. The molecular weight excluding hydrogens is 230 g/mol. The molecule has 18 heavy (non-hydrogen) atoms. The van der Waals surface area contributed by atoms with Crippen molar-refractivity contribution in [3.8, 4) is 0 Å². The van der Waals surface area contributed by atoms with Gasteiger partial charge in [-0.25, -0.2) is 0 Å². The van der Waals surface area contributed by atoms with E-state index in [1.807, 2.05) is 37.3 Å². The number of nitrogens with zero attached hydrogens (tertiary/aromatic N) is 1. The molecule has 1 amide bonds. The number of ether oxygens (including phenoxy) is 1. The average Bonchev–Trinajstić information content (AvgIpc) is 2.35. The Kier molecular flexibility index (Phi) is 4.89. The predicted octanol–water partition coefficient (Wildman–Crippen LogP) is 2.16. The Labute approximate surface area is 108 Å². The van der Waals surface area contributed by atoms with Crippen LogP contribution >= 0.6 is 0 Å². The van der Waals surface area contributed by atoms with E-state index in [4.69, 9.17) is 4.74 Å². The van der Waals surface area contributed by atoms with E-state index >= 15 is 0 Å². The van der Waals surface area contributed by atoms with Crippen molar-refractivity contribution in [2.75, 3.05) is 7.05 Å². The maximum atomic E-state index is 11.4. The summed E-state index contributed by atoms with van der Waals surface area (Å²) in [6, 6.07) is 9.22. The van der Waals surface area contributed by atoms with Crippen LogP contribution in [-0.2, 0) is 14.3 Å². The zero-order chi connectivity index (χ0) is 13.7. The van der Waals surface area contributed by atoms with Crippen molar-refractivity contribution in [3.63, 3.8) is 0 Å². The molecular formula is C14H19NO3. The van der Waals surface area contributed by atoms with Crippen LogP contribution in [0.3, 0.4) is 0 Å². The zero-order valence-electron chi connectivity index (χ0n) is 11.2. The van der Waals surface area contributed by atoms with E-state index in [9.17, 15) is 9.59 Å². The van der Waals surface area contributed by atoms with Crippen LogP contribution in [0.2, 0.25) is 0 Å². The molecule has 1 rings (SSSR count). The quantitative estimate of drug-likeness (QED) is 0.768. The fourth-order valence-corrected chi connectivity index (χ4v) is 1.76. The highest BCUT2D eigenvalue weighted by molar-refractivity contribution is 5.73. The first-order chi connectivity index (χ1) is 8.43. The molecule has 2 unspecified atom stereocenters. The van der Waals surface area contributed by atoms with Crippen LogP contribution in [0.5, 0.6) is 0 Å². The maximum absolute atomic E-state index is 11.4. The molecule has 0 aliphatic rings. The first-order valence-corrected chi connectivity index (χ1v) is 5.89. The molecule has 0 fully saturated rings. The monoisotopic (exact) mass is 249 g/mol. The van der Waals surface area contributed by atoms with Crippen LogP contribution in [0.25, 0.3) is 0 Å². The molecule has 1 aromatic carbocycles. The summed E-state index contributed by atoms with van der Waals surface area (Å²) < 4.78 is 5.34. The van der Waals surface area contributed by atoms with Crippen LogP contribution in [-0.4, -0.2) is 29.9 Å². The second kappa shape index (κ2) is 6.19. The summed E-state index contributed by atoms with van der Waals surface area (Å²) in [5.74, 6) is -0.414. The number of hydrogen-bond acceptors (Lipinski definition) is 3. The van der Waals surface area contributed by atoms with Gasteiger partial charge in [-0.2, -0.15) is 0 Å². The first kappa shape index (κ1) is 14.2. The summed E-state index contributed by atoms with van der Waals surface area (Å²) in [7, 11) is 1.70. The fourth-order valence-electron chi connectivity index (χ4n) is 1.76. The van der Waals surface area contributed by atoms with Crippen molar-refractivity contribution in [1.82, 2.24) is 4.90 Å². The summed E-state index contributed by atoms with van der Waals surface area (Å²) in [6.45, 7) is 4.73. The van der Waals surface area contributed by atoms with E-state index in [-0.39, 0.29) is 17.9 Å². The van der Waals surface area contributed by atoms with Crippen molar-refractivity contribution in [2.45, 2.75) is 32.9 Å². The van der Waals surface area contributed by atoms with Crippen LogP contribution in [0.4, 0.5) is 0 Å². The Morgan fingerprint density at radius 2 is 1.72 bits per heavy atom. The van der Waals surface area contributed by atoms with Gasteiger partial charge in [-0.05, 0) is 12.5 Å². The standard InChI is InChI=1S/C14H19NO3/c1-10(15(4)11(2)16)14(18-12(3)17)13-8-6-5-7-9-13/h5-10,14H,1-4H3. The topological polar surface area (TPSA) is 46.6 Å². The van der Waals surface area contributed by atoms with Gasteiger partial charge < -0.3 is 9.64 Å². The second-order valence-corrected chi connectivity index (χ2v) is 4.31. The van der Waals surface area contributed by atoms with Gasteiger partial charge in [-0.3, -0.25) is 9.59 Å². The molecule has 0 saturated heterocycles. The molecule has 0 heterocycles. The number of carbonyl (C=O) groups excluding carboxylic acids is 2. The first-order valence-electron chi connectivity index (χ1n) is 5.89. The molecule has 4 nitrogen and oxygen atoms in total. The molecule has 0 bridgehead atoms. The normalized spacial score (nSPS) is 13.6. The zero-order valence-corrected chi connectivity index (χ0v) is 11.2.